The highest BCUT2D eigenvalue weighted by Gasteiger charge is 2.22. The van der Waals surface area contributed by atoms with Gasteiger partial charge >= 0.3 is 0 Å². The van der Waals surface area contributed by atoms with E-state index >= 15 is 0 Å². The van der Waals surface area contributed by atoms with E-state index in [0.29, 0.717) is 0 Å². The number of benzene rings is 1. The Labute approximate surface area is 174 Å². The van der Waals surface area contributed by atoms with Crippen LogP contribution in [0.2, 0.25) is 0 Å². The normalized spacial score (nSPS) is 25.4. The zero-order valence-corrected chi connectivity index (χ0v) is 18.4. The molecule has 0 aliphatic heterocycles. The fourth-order valence-corrected chi connectivity index (χ4v) is 5.34. The number of ether oxygens (including phenoxy) is 1. The van der Waals surface area contributed by atoms with E-state index in [1.54, 1.807) is 5.57 Å². The van der Waals surface area contributed by atoms with Crippen LogP contribution in [0.4, 0.5) is 0 Å². The zero-order valence-electron chi connectivity index (χ0n) is 18.4. The molecule has 0 amide bonds. The van der Waals surface area contributed by atoms with Gasteiger partial charge in [0.05, 0.1) is 6.61 Å². The molecule has 0 saturated heterocycles. The molecule has 1 fully saturated rings. The fraction of sp³-hybridized carbons (Fsp3) is 0.704. The number of hydrogen-bond acceptors (Lipinski definition) is 1. The summed E-state index contributed by atoms with van der Waals surface area (Å²) >= 11 is 0. The smallest absolute Gasteiger partial charge is 0.119 e. The lowest BCUT2D eigenvalue weighted by atomic mass is 9.76. The van der Waals surface area contributed by atoms with Crippen molar-refractivity contribution < 1.29 is 4.74 Å². The van der Waals surface area contributed by atoms with Gasteiger partial charge in [-0.3, -0.25) is 0 Å². The SMILES string of the molecule is CCCC1CCC(CCC2CC=C(CCc3ccc(OCC)cc3)CC2)CC1. The average Bonchev–Trinajstić information content (AvgIpc) is 2.74. The third-order valence-electron chi connectivity index (χ3n) is 7.23. The van der Waals surface area contributed by atoms with Gasteiger partial charge in [0.1, 0.15) is 5.75 Å². The highest BCUT2D eigenvalue weighted by Crippen LogP contribution is 2.36. The third kappa shape index (κ3) is 6.98. The Balaban J connectivity index is 1.32. The first kappa shape index (κ1) is 21.5. The van der Waals surface area contributed by atoms with Gasteiger partial charge in [0, 0.05) is 0 Å². The van der Waals surface area contributed by atoms with E-state index in [1.807, 2.05) is 6.92 Å². The third-order valence-corrected chi connectivity index (χ3v) is 7.23. The zero-order chi connectivity index (χ0) is 19.6. The number of hydrogen-bond donors (Lipinski definition) is 0. The van der Waals surface area contributed by atoms with Crippen LogP contribution < -0.4 is 4.74 Å². The molecule has 0 bridgehead atoms. The largest absolute Gasteiger partial charge is 0.494 e. The number of aryl methyl sites for hydroxylation is 1. The number of rotatable bonds is 10. The Morgan fingerprint density at radius 1 is 0.786 bits per heavy atom. The molecule has 0 spiro atoms. The highest BCUT2D eigenvalue weighted by atomic mass is 16.5. The molecule has 0 radical (unpaired) electrons. The van der Waals surface area contributed by atoms with Gasteiger partial charge in [-0.2, -0.15) is 0 Å². The van der Waals surface area contributed by atoms with Crippen molar-refractivity contribution in [1.82, 2.24) is 0 Å². The van der Waals surface area contributed by atoms with Crippen molar-refractivity contribution in [2.24, 2.45) is 17.8 Å². The minimum absolute atomic E-state index is 0.744. The summed E-state index contributed by atoms with van der Waals surface area (Å²) in [6.07, 6.45) is 21.0. The first-order valence-electron chi connectivity index (χ1n) is 12.2. The van der Waals surface area contributed by atoms with Crippen LogP contribution in [0.1, 0.15) is 96.5 Å². The summed E-state index contributed by atoms with van der Waals surface area (Å²) in [6.45, 7) is 5.12. The van der Waals surface area contributed by atoms with Gasteiger partial charge in [-0.15, -0.1) is 0 Å². The highest BCUT2D eigenvalue weighted by molar-refractivity contribution is 5.28. The van der Waals surface area contributed by atoms with Crippen LogP contribution in [0.25, 0.3) is 0 Å². The minimum Gasteiger partial charge on any atom is -0.494 e. The molecule has 0 N–H and O–H groups in total. The maximum absolute atomic E-state index is 5.54. The molecule has 156 valence electrons. The van der Waals surface area contributed by atoms with Crippen molar-refractivity contribution in [3.05, 3.63) is 41.5 Å². The van der Waals surface area contributed by atoms with Crippen LogP contribution >= 0.6 is 0 Å². The predicted molar refractivity (Wildman–Crippen MR) is 121 cm³/mol. The lowest BCUT2D eigenvalue weighted by Crippen LogP contribution is -2.16. The minimum atomic E-state index is 0.744. The second-order valence-corrected chi connectivity index (χ2v) is 9.33. The van der Waals surface area contributed by atoms with Gasteiger partial charge in [-0.05, 0) is 80.9 Å². The van der Waals surface area contributed by atoms with E-state index in [2.05, 4.69) is 37.3 Å². The molecule has 1 nitrogen and oxygen atoms in total. The maximum atomic E-state index is 5.54. The Morgan fingerprint density at radius 2 is 1.46 bits per heavy atom. The first-order chi connectivity index (χ1) is 13.8. The monoisotopic (exact) mass is 382 g/mol. The van der Waals surface area contributed by atoms with E-state index in [9.17, 15) is 0 Å². The molecule has 1 aromatic rings. The molecule has 0 heterocycles. The standard InChI is InChI=1S/C27H42O/c1-3-5-22-6-8-23(9-7-22)10-11-24-12-14-25(15-13-24)16-17-26-18-20-27(21-19-26)28-4-2/h14,18-24H,3-13,15-17H2,1-2H3. The second kappa shape index (κ2) is 11.7. The summed E-state index contributed by atoms with van der Waals surface area (Å²) in [5, 5.41) is 0. The van der Waals surface area contributed by atoms with Crippen LogP contribution in [0, 0.1) is 17.8 Å². The van der Waals surface area contributed by atoms with Crippen molar-refractivity contribution in [3.63, 3.8) is 0 Å². The van der Waals surface area contributed by atoms with Crippen LogP contribution in [-0.4, -0.2) is 6.61 Å². The van der Waals surface area contributed by atoms with Gasteiger partial charge in [0.25, 0.3) is 0 Å². The molecule has 1 unspecified atom stereocenters. The Morgan fingerprint density at radius 3 is 2.07 bits per heavy atom. The van der Waals surface area contributed by atoms with Crippen LogP contribution in [0.5, 0.6) is 5.75 Å². The van der Waals surface area contributed by atoms with E-state index in [4.69, 9.17) is 4.74 Å². The molecule has 2 aliphatic rings. The fourth-order valence-electron chi connectivity index (χ4n) is 5.34. The quantitative estimate of drug-likeness (QED) is 0.371. The van der Waals surface area contributed by atoms with E-state index in [1.165, 1.54) is 89.0 Å². The van der Waals surface area contributed by atoms with E-state index in [0.717, 1.165) is 30.1 Å². The molecular formula is C27H42O. The van der Waals surface area contributed by atoms with Crippen molar-refractivity contribution in [2.45, 2.75) is 97.3 Å². The van der Waals surface area contributed by atoms with Gasteiger partial charge in [0.15, 0.2) is 0 Å². The van der Waals surface area contributed by atoms with Crippen molar-refractivity contribution in [1.29, 1.82) is 0 Å². The maximum Gasteiger partial charge on any atom is 0.119 e. The Hall–Kier alpha value is -1.24. The molecule has 1 heteroatoms. The summed E-state index contributed by atoms with van der Waals surface area (Å²) in [6, 6.07) is 8.68. The summed E-state index contributed by atoms with van der Waals surface area (Å²) in [7, 11) is 0. The lowest BCUT2D eigenvalue weighted by molar-refractivity contribution is 0.236. The topological polar surface area (TPSA) is 9.23 Å². The second-order valence-electron chi connectivity index (χ2n) is 9.33. The van der Waals surface area contributed by atoms with Crippen molar-refractivity contribution in [2.75, 3.05) is 6.61 Å². The first-order valence-corrected chi connectivity index (χ1v) is 12.2. The van der Waals surface area contributed by atoms with E-state index in [-0.39, 0.29) is 0 Å². The van der Waals surface area contributed by atoms with Gasteiger partial charge in [-0.25, -0.2) is 0 Å². The molecule has 1 atom stereocenters. The lowest BCUT2D eigenvalue weighted by Gasteiger charge is -2.30. The summed E-state index contributed by atoms with van der Waals surface area (Å²) < 4.78 is 5.54. The molecule has 2 aliphatic carbocycles. The summed E-state index contributed by atoms with van der Waals surface area (Å²) in [5.41, 5.74) is 3.13. The van der Waals surface area contributed by atoms with Gasteiger partial charge in [0.2, 0.25) is 0 Å². The molecule has 3 rings (SSSR count). The van der Waals surface area contributed by atoms with Crippen LogP contribution in [0.3, 0.4) is 0 Å². The molecule has 0 aromatic heterocycles. The van der Waals surface area contributed by atoms with E-state index < -0.39 is 0 Å². The molecule has 28 heavy (non-hydrogen) atoms. The summed E-state index contributed by atoms with van der Waals surface area (Å²) in [5.74, 6) is 4.04. The van der Waals surface area contributed by atoms with Gasteiger partial charge < -0.3 is 4.74 Å². The van der Waals surface area contributed by atoms with Crippen LogP contribution in [-0.2, 0) is 6.42 Å². The Bertz CT molecular complexity index is 577. The number of allylic oxidation sites excluding steroid dienone is 2. The predicted octanol–water partition coefficient (Wildman–Crippen LogP) is 8.13. The van der Waals surface area contributed by atoms with Gasteiger partial charge in [-0.1, -0.05) is 75.7 Å². The Kier molecular flexibility index (Phi) is 8.96. The molecular weight excluding hydrogens is 340 g/mol. The molecule has 1 saturated carbocycles. The summed E-state index contributed by atoms with van der Waals surface area (Å²) in [4.78, 5) is 0. The van der Waals surface area contributed by atoms with Crippen molar-refractivity contribution >= 4 is 0 Å². The average molecular weight is 383 g/mol. The van der Waals surface area contributed by atoms with Crippen LogP contribution in [0.15, 0.2) is 35.9 Å². The van der Waals surface area contributed by atoms with Crippen molar-refractivity contribution in [3.8, 4) is 5.75 Å². The molecule has 1 aromatic carbocycles.